The van der Waals surface area contributed by atoms with Crippen molar-refractivity contribution in [2.75, 3.05) is 50.8 Å². The van der Waals surface area contributed by atoms with Gasteiger partial charge in [0.05, 0.1) is 36.8 Å². The Bertz CT molecular complexity index is 2460. The molecule has 0 saturated carbocycles. The summed E-state index contributed by atoms with van der Waals surface area (Å²) in [7, 11) is 0. The first-order chi connectivity index (χ1) is 28.5. The summed E-state index contributed by atoms with van der Waals surface area (Å²) < 4.78 is 6.08. The number of carbonyl (C=O) groups excluding carboxylic acids is 5. The molecule has 4 aliphatic heterocycles. The van der Waals surface area contributed by atoms with E-state index in [1.165, 1.54) is 16.2 Å². The summed E-state index contributed by atoms with van der Waals surface area (Å²) in [5.74, 6) is -0.423. The number of anilines is 1. The van der Waals surface area contributed by atoms with Gasteiger partial charge in [0.15, 0.2) is 5.78 Å². The molecule has 0 radical (unpaired) electrons. The molecule has 4 aromatic rings. The summed E-state index contributed by atoms with van der Waals surface area (Å²) in [5.41, 5.74) is 7.91. The van der Waals surface area contributed by atoms with Gasteiger partial charge in [0.1, 0.15) is 11.8 Å². The van der Waals surface area contributed by atoms with Crippen LogP contribution in [0.15, 0.2) is 48.5 Å². The average molecular weight is 796 g/mol. The van der Waals surface area contributed by atoms with Gasteiger partial charge in [0.2, 0.25) is 17.7 Å². The Labute approximate surface area is 343 Å². The molecule has 9 rings (SSSR count). The van der Waals surface area contributed by atoms with E-state index in [0.717, 1.165) is 73.2 Å². The molecule has 13 heteroatoms. The lowest BCUT2D eigenvalue weighted by Crippen LogP contribution is -2.54. The van der Waals surface area contributed by atoms with Crippen LogP contribution in [0.4, 0.5) is 5.69 Å². The molecule has 3 fully saturated rings. The number of amides is 4. The maximum Gasteiger partial charge on any atom is 0.255 e. The van der Waals surface area contributed by atoms with E-state index in [2.05, 4.69) is 59.1 Å². The second-order valence-corrected chi connectivity index (χ2v) is 17.0. The number of aromatic nitrogens is 1. The number of nitrogens with zero attached hydrogens (tertiary/aromatic N) is 5. The van der Waals surface area contributed by atoms with Gasteiger partial charge in [-0.05, 0) is 73.2 Å². The van der Waals surface area contributed by atoms with E-state index in [1.54, 1.807) is 24.3 Å². The molecular formula is C46H49N7O6. The van der Waals surface area contributed by atoms with Gasteiger partial charge in [-0.15, -0.1) is 0 Å². The fourth-order valence-electron chi connectivity index (χ4n) is 10.1. The van der Waals surface area contributed by atoms with E-state index in [9.17, 15) is 29.2 Å². The molecule has 3 saturated heterocycles. The lowest BCUT2D eigenvalue weighted by Gasteiger charge is -2.44. The molecule has 13 nitrogen and oxygen atoms in total. The Morgan fingerprint density at radius 2 is 1.73 bits per heavy atom. The fraction of sp³-hybridized carbons (Fsp3) is 0.435. The van der Waals surface area contributed by atoms with Crippen LogP contribution >= 0.6 is 0 Å². The lowest BCUT2D eigenvalue weighted by atomic mass is 9.70. The maximum absolute atomic E-state index is 14.1. The summed E-state index contributed by atoms with van der Waals surface area (Å²) in [4.78, 5) is 76.7. The summed E-state index contributed by atoms with van der Waals surface area (Å²) in [5, 5.41) is 12.7. The van der Waals surface area contributed by atoms with E-state index in [4.69, 9.17) is 4.74 Å². The highest BCUT2D eigenvalue weighted by Gasteiger charge is 2.42. The number of imide groups is 1. The van der Waals surface area contributed by atoms with Crippen LogP contribution in [0.3, 0.4) is 0 Å². The molecule has 1 aromatic heterocycles. The third-order valence-corrected chi connectivity index (χ3v) is 13.4. The zero-order chi connectivity index (χ0) is 41.2. The van der Waals surface area contributed by atoms with Crippen LogP contribution in [0.25, 0.3) is 10.9 Å². The zero-order valence-corrected chi connectivity index (χ0v) is 33.9. The van der Waals surface area contributed by atoms with Crippen LogP contribution in [-0.4, -0.2) is 107 Å². The normalized spacial score (nSPS) is 20.6. The summed E-state index contributed by atoms with van der Waals surface area (Å²) >= 11 is 0. The van der Waals surface area contributed by atoms with Crippen molar-refractivity contribution in [3.8, 4) is 11.8 Å². The number of rotatable bonds is 8. The third kappa shape index (κ3) is 6.63. The van der Waals surface area contributed by atoms with Crippen molar-refractivity contribution < 1.29 is 28.7 Å². The first-order valence-corrected chi connectivity index (χ1v) is 20.9. The number of piperidine rings is 2. The predicted octanol–water partition coefficient (Wildman–Crippen LogP) is 4.82. The molecule has 5 heterocycles. The topological polar surface area (TPSA) is 159 Å². The Kier molecular flexibility index (Phi) is 9.78. The molecule has 304 valence electrons. The number of ether oxygens (including phenoxy) is 1. The van der Waals surface area contributed by atoms with Crippen molar-refractivity contribution in [2.24, 2.45) is 0 Å². The van der Waals surface area contributed by atoms with E-state index in [0.29, 0.717) is 53.6 Å². The molecule has 59 heavy (non-hydrogen) atoms. The van der Waals surface area contributed by atoms with E-state index in [-0.39, 0.29) is 49.5 Å². The van der Waals surface area contributed by atoms with Crippen molar-refractivity contribution >= 4 is 46.0 Å². The quantitative estimate of drug-likeness (QED) is 0.239. The van der Waals surface area contributed by atoms with Crippen molar-refractivity contribution in [3.05, 3.63) is 93.2 Å². The van der Waals surface area contributed by atoms with Crippen molar-refractivity contribution in [1.29, 1.82) is 5.26 Å². The van der Waals surface area contributed by atoms with Gasteiger partial charge in [-0.25, -0.2) is 0 Å². The second-order valence-electron chi connectivity index (χ2n) is 17.0. The molecule has 1 aliphatic carbocycles. The maximum atomic E-state index is 14.1. The van der Waals surface area contributed by atoms with Crippen LogP contribution in [0.2, 0.25) is 0 Å². The molecule has 1 unspecified atom stereocenters. The lowest BCUT2D eigenvalue weighted by molar-refractivity contribution is -0.137. The smallest absolute Gasteiger partial charge is 0.255 e. The summed E-state index contributed by atoms with van der Waals surface area (Å²) in [6.07, 6.45) is 3.56. The number of piperazine rings is 1. The minimum Gasteiger partial charge on any atom is -0.493 e. The van der Waals surface area contributed by atoms with Gasteiger partial charge < -0.3 is 24.4 Å². The van der Waals surface area contributed by atoms with Crippen LogP contribution in [0, 0.1) is 11.3 Å². The third-order valence-electron chi connectivity index (χ3n) is 13.4. The van der Waals surface area contributed by atoms with Crippen molar-refractivity contribution in [1.82, 2.24) is 25.0 Å². The largest absolute Gasteiger partial charge is 0.493 e. The second kappa shape index (κ2) is 15.0. The minimum absolute atomic E-state index is 0.0347. The molecular weight excluding hydrogens is 747 g/mol. The van der Waals surface area contributed by atoms with Crippen LogP contribution in [0.5, 0.6) is 5.75 Å². The monoisotopic (exact) mass is 795 g/mol. The molecule has 1 atom stereocenters. The SMILES string of the molecule is CCc1cc2c(cc1N1CCC(N3CCN(C(=O)CCOc4cccc5c4CN(C4CCC(=O)NC4=O)C5=O)CC3)CC1)C(C)(C)c1[nH]c3cc(C#N)ccc3c1C2=O. The van der Waals surface area contributed by atoms with Crippen molar-refractivity contribution in [3.63, 3.8) is 0 Å². The van der Waals surface area contributed by atoms with Crippen LogP contribution in [0.1, 0.15) is 107 Å². The van der Waals surface area contributed by atoms with E-state index < -0.39 is 17.4 Å². The number of carbonyl (C=O) groups is 5. The van der Waals surface area contributed by atoms with Gasteiger partial charge in [-0.3, -0.25) is 34.2 Å². The van der Waals surface area contributed by atoms with Crippen LogP contribution < -0.4 is 15.0 Å². The minimum atomic E-state index is -0.699. The molecule has 5 aliphatic rings. The summed E-state index contributed by atoms with van der Waals surface area (Å²) in [6.45, 7) is 11.7. The van der Waals surface area contributed by atoms with E-state index >= 15 is 0 Å². The average Bonchev–Trinajstić information content (AvgIpc) is 3.81. The Balaban J connectivity index is 0.787. The fourth-order valence-corrected chi connectivity index (χ4v) is 10.1. The number of H-pyrrole nitrogens is 1. The Hall–Kier alpha value is -6.00. The van der Waals surface area contributed by atoms with Gasteiger partial charge in [0, 0.05) is 96.1 Å². The van der Waals surface area contributed by atoms with Gasteiger partial charge in [-0.2, -0.15) is 5.26 Å². The van der Waals surface area contributed by atoms with Crippen molar-refractivity contribution in [2.45, 2.75) is 83.3 Å². The first kappa shape index (κ1) is 38.5. The molecule has 4 amide bonds. The number of benzene rings is 3. The van der Waals surface area contributed by atoms with E-state index in [1.807, 2.05) is 17.0 Å². The number of nitriles is 1. The Morgan fingerprint density at radius 1 is 0.949 bits per heavy atom. The van der Waals surface area contributed by atoms with Gasteiger partial charge in [0.25, 0.3) is 5.91 Å². The highest BCUT2D eigenvalue weighted by atomic mass is 16.5. The Morgan fingerprint density at radius 3 is 2.46 bits per heavy atom. The number of aryl methyl sites for hydroxylation is 1. The first-order valence-electron chi connectivity index (χ1n) is 20.9. The number of hydrogen-bond acceptors (Lipinski definition) is 9. The number of hydrogen-bond donors (Lipinski definition) is 2. The number of nitrogens with one attached hydrogen (secondary N) is 2. The summed E-state index contributed by atoms with van der Waals surface area (Å²) in [6, 6.07) is 17.1. The molecule has 3 aromatic carbocycles. The standard InChI is InChI=1S/C46H49N7O6/c1-4-28-23-32-34(46(2,3)43-41(42(32)56)31-9-8-27(25-47)22-35(31)48-43)24-37(28)51-15-12-29(13-16-51)50-17-19-52(20-18-50)40(55)14-21-59-38-7-5-6-30-33(38)26-53(45(30)58)36-10-11-39(54)49-44(36)57/h5-9,22-24,29,36,48H,4,10-21,26H2,1-3H3,(H,49,54,57). The van der Waals surface area contributed by atoms with Gasteiger partial charge in [-0.1, -0.05) is 32.9 Å². The highest BCUT2D eigenvalue weighted by molar-refractivity contribution is 6.20. The molecule has 0 spiro atoms. The number of fused-ring (bicyclic) bond motifs is 5. The van der Waals surface area contributed by atoms with Gasteiger partial charge >= 0.3 is 0 Å². The number of ketones is 1. The van der Waals surface area contributed by atoms with Crippen LogP contribution in [-0.2, 0) is 32.8 Å². The molecule has 2 N–H and O–H groups in total. The number of aromatic amines is 1. The highest BCUT2D eigenvalue weighted by Crippen LogP contribution is 2.46. The zero-order valence-electron chi connectivity index (χ0n) is 33.9. The predicted molar refractivity (Wildman–Crippen MR) is 220 cm³/mol. The molecule has 0 bridgehead atoms.